The van der Waals surface area contributed by atoms with Gasteiger partial charge in [0.1, 0.15) is 24.8 Å². The first kappa shape index (κ1) is 11.8. The number of aliphatic hydroxyl groups is 1. The van der Waals surface area contributed by atoms with Crippen molar-refractivity contribution in [1.82, 2.24) is 9.80 Å². The van der Waals surface area contributed by atoms with E-state index in [9.17, 15) is 14.4 Å². The van der Waals surface area contributed by atoms with Gasteiger partial charge in [0, 0.05) is 0 Å². The van der Waals surface area contributed by atoms with Crippen molar-refractivity contribution in [2.75, 3.05) is 13.2 Å². The molecule has 0 radical (unpaired) electrons. The zero-order valence-corrected chi connectivity index (χ0v) is 9.52. The quantitative estimate of drug-likeness (QED) is 0.507. The highest BCUT2D eigenvalue weighted by atomic mass is 16.5. The van der Waals surface area contributed by atoms with E-state index < -0.39 is 48.5 Å². The summed E-state index contributed by atoms with van der Waals surface area (Å²) in [6.45, 7) is -0.685. The van der Waals surface area contributed by atoms with E-state index in [0.717, 1.165) is 9.80 Å². The summed E-state index contributed by atoms with van der Waals surface area (Å²) in [5, 5.41) is 27.2. The Hall–Kier alpha value is -2.29. The van der Waals surface area contributed by atoms with Gasteiger partial charge in [0.25, 0.3) is 5.91 Å². The summed E-state index contributed by atoms with van der Waals surface area (Å²) in [6, 6.07) is -1.51. The number of carbonyl (C=O) groups excluding carboxylic acids is 1. The number of nitrogens with zero attached hydrogens (tertiary/aromatic N) is 2. The number of carbonyl (C=O) groups is 3. The van der Waals surface area contributed by atoms with Crippen molar-refractivity contribution in [1.29, 1.82) is 0 Å². The van der Waals surface area contributed by atoms with Crippen LogP contribution in [0.25, 0.3) is 0 Å². The number of likely N-dealkylation sites (tertiary alicyclic amines) is 1. The Morgan fingerprint density at radius 1 is 1.37 bits per heavy atom. The Bertz CT molecular complexity index is 528. The second-order valence-corrected chi connectivity index (χ2v) is 4.47. The average molecular weight is 270 g/mol. The number of β-lactam (4-membered cyclic amide) rings is 1. The highest BCUT2D eigenvalue weighted by molar-refractivity contribution is 6.01. The van der Waals surface area contributed by atoms with E-state index in [0.29, 0.717) is 0 Å². The number of hydrogen-bond donors (Lipinski definition) is 3. The molecule has 3 atom stereocenters. The molecule has 0 aliphatic carbocycles. The van der Waals surface area contributed by atoms with Crippen LogP contribution >= 0.6 is 0 Å². The van der Waals surface area contributed by atoms with Crippen LogP contribution in [0.3, 0.4) is 0 Å². The topological polar surface area (TPSA) is 128 Å². The van der Waals surface area contributed by atoms with Crippen LogP contribution in [0.5, 0.6) is 0 Å². The van der Waals surface area contributed by atoms with Crippen molar-refractivity contribution in [3.05, 3.63) is 11.5 Å². The summed E-state index contributed by atoms with van der Waals surface area (Å²) >= 11 is 0. The first-order valence-electron chi connectivity index (χ1n) is 5.54. The van der Waals surface area contributed by atoms with Crippen LogP contribution < -0.4 is 0 Å². The molecule has 2 amide bonds. The fraction of sp³-hybridized carbons (Fsp3) is 0.500. The summed E-state index contributed by atoms with van der Waals surface area (Å²) in [5.41, 5.74) is -0.405. The van der Waals surface area contributed by atoms with Crippen LogP contribution in [0.1, 0.15) is 0 Å². The van der Waals surface area contributed by atoms with E-state index in [2.05, 4.69) is 0 Å². The minimum atomic E-state index is -1.39. The predicted molar refractivity (Wildman–Crippen MR) is 55.8 cm³/mol. The van der Waals surface area contributed by atoms with Crippen molar-refractivity contribution in [2.24, 2.45) is 0 Å². The zero-order chi connectivity index (χ0) is 13.9. The molecular formula is C10H10N2O7. The first-order valence-corrected chi connectivity index (χ1v) is 5.54. The number of aliphatic hydroxyl groups excluding tert-OH is 1. The molecule has 19 heavy (non-hydrogen) atoms. The number of amides is 2. The molecule has 2 saturated heterocycles. The van der Waals surface area contributed by atoms with Crippen molar-refractivity contribution in [2.45, 2.75) is 18.2 Å². The predicted octanol–water partition coefficient (Wildman–Crippen LogP) is -1.75. The van der Waals surface area contributed by atoms with E-state index >= 15 is 0 Å². The molecule has 3 heterocycles. The minimum absolute atomic E-state index is 0.0245. The Balaban J connectivity index is 2.01. The van der Waals surface area contributed by atoms with Crippen molar-refractivity contribution >= 4 is 18.0 Å². The molecule has 3 aliphatic rings. The Labute approximate surface area is 106 Å². The number of aliphatic carboxylic acids is 1. The third-order valence-corrected chi connectivity index (χ3v) is 3.60. The number of carboxylic acid groups (broad SMARTS) is 2. The number of ether oxygens (including phenoxy) is 1. The molecule has 0 saturated carbocycles. The van der Waals surface area contributed by atoms with E-state index in [-0.39, 0.29) is 12.3 Å². The maximum atomic E-state index is 11.9. The second-order valence-electron chi connectivity index (χ2n) is 4.47. The van der Waals surface area contributed by atoms with E-state index in [1.807, 2.05) is 0 Å². The van der Waals surface area contributed by atoms with Gasteiger partial charge in [-0.25, -0.2) is 9.59 Å². The SMILES string of the molecule is O=C(O)C1=C(CO)O[C@@H]2CN(C(=O)O)[C@@H]3C(=O)N1[C@@H]32. The first-order chi connectivity index (χ1) is 8.97. The standard InChI is InChI=1S/C10H10N2O7/c13-2-4-6(9(15)16)12-5-3(19-4)1-11(10(17)18)7(5)8(12)14/h3,5,7,13H,1-2H2,(H,15,16)(H,17,18)/t3-,5-,7+/m1/s1. The van der Waals surface area contributed by atoms with Crippen LogP contribution in [0.4, 0.5) is 4.79 Å². The van der Waals surface area contributed by atoms with Gasteiger partial charge in [-0.1, -0.05) is 0 Å². The Kier molecular flexibility index (Phi) is 2.23. The summed E-state index contributed by atoms with van der Waals surface area (Å²) in [6.07, 6.45) is -1.89. The van der Waals surface area contributed by atoms with Crippen LogP contribution in [0, 0.1) is 0 Å². The third kappa shape index (κ3) is 1.30. The largest absolute Gasteiger partial charge is 0.486 e. The molecular weight excluding hydrogens is 260 g/mol. The molecule has 0 spiro atoms. The maximum absolute atomic E-state index is 11.9. The van der Waals surface area contributed by atoms with Gasteiger partial charge in [-0.05, 0) is 0 Å². The Morgan fingerprint density at radius 3 is 2.58 bits per heavy atom. The number of rotatable bonds is 2. The molecule has 3 rings (SSSR count). The lowest BCUT2D eigenvalue weighted by Crippen LogP contribution is -2.70. The lowest BCUT2D eigenvalue weighted by atomic mass is 9.91. The van der Waals surface area contributed by atoms with Gasteiger partial charge >= 0.3 is 12.1 Å². The Morgan fingerprint density at radius 2 is 2.05 bits per heavy atom. The lowest BCUT2D eigenvalue weighted by Gasteiger charge is -2.48. The molecule has 2 fully saturated rings. The molecule has 0 bridgehead atoms. The highest BCUT2D eigenvalue weighted by Gasteiger charge is 2.65. The van der Waals surface area contributed by atoms with E-state index in [4.69, 9.17) is 20.1 Å². The van der Waals surface area contributed by atoms with Gasteiger partial charge in [-0.2, -0.15) is 0 Å². The molecule has 0 aromatic heterocycles. The summed E-state index contributed by atoms with van der Waals surface area (Å²) < 4.78 is 5.31. The molecule has 9 nitrogen and oxygen atoms in total. The van der Waals surface area contributed by atoms with Gasteiger partial charge in [-0.3, -0.25) is 14.6 Å². The lowest BCUT2D eigenvalue weighted by molar-refractivity contribution is -0.161. The fourth-order valence-electron chi connectivity index (χ4n) is 2.87. The average Bonchev–Trinajstić information content (AvgIpc) is 2.72. The molecule has 102 valence electrons. The van der Waals surface area contributed by atoms with Gasteiger partial charge in [0.2, 0.25) is 0 Å². The van der Waals surface area contributed by atoms with E-state index in [1.165, 1.54) is 0 Å². The molecule has 0 aromatic rings. The number of hydrogen-bond acceptors (Lipinski definition) is 5. The minimum Gasteiger partial charge on any atom is -0.486 e. The van der Waals surface area contributed by atoms with Crippen LogP contribution in [-0.2, 0) is 14.3 Å². The molecule has 3 aliphatic heterocycles. The maximum Gasteiger partial charge on any atom is 0.408 e. The van der Waals surface area contributed by atoms with Crippen molar-refractivity contribution < 1.29 is 34.4 Å². The van der Waals surface area contributed by atoms with Gasteiger partial charge in [0.05, 0.1) is 6.54 Å². The number of carboxylic acids is 1. The summed E-state index contributed by atoms with van der Waals surface area (Å²) in [7, 11) is 0. The summed E-state index contributed by atoms with van der Waals surface area (Å²) in [5.74, 6) is -2.20. The van der Waals surface area contributed by atoms with Crippen LogP contribution in [0.2, 0.25) is 0 Å². The fourth-order valence-corrected chi connectivity index (χ4v) is 2.87. The molecule has 9 heteroatoms. The van der Waals surface area contributed by atoms with E-state index in [1.54, 1.807) is 0 Å². The van der Waals surface area contributed by atoms with Crippen molar-refractivity contribution in [3.8, 4) is 0 Å². The van der Waals surface area contributed by atoms with Gasteiger partial charge in [0.15, 0.2) is 11.5 Å². The van der Waals surface area contributed by atoms with Crippen LogP contribution in [0.15, 0.2) is 11.5 Å². The summed E-state index contributed by atoms with van der Waals surface area (Å²) in [4.78, 5) is 36.0. The molecule has 0 unspecified atom stereocenters. The smallest absolute Gasteiger partial charge is 0.408 e. The van der Waals surface area contributed by atoms with Crippen molar-refractivity contribution in [3.63, 3.8) is 0 Å². The van der Waals surface area contributed by atoms with Crippen LogP contribution in [-0.4, -0.2) is 74.4 Å². The van der Waals surface area contributed by atoms with Gasteiger partial charge in [-0.15, -0.1) is 0 Å². The third-order valence-electron chi connectivity index (χ3n) is 3.60. The highest BCUT2D eigenvalue weighted by Crippen LogP contribution is 2.43. The second kappa shape index (κ2) is 3.60. The van der Waals surface area contributed by atoms with Gasteiger partial charge < -0.3 is 20.1 Å². The monoisotopic (exact) mass is 270 g/mol. The normalized spacial score (nSPS) is 31.8. The molecule has 3 N–H and O–H groups in total. The zero-order valence-electron chi connectivity index (χ0n) is 9.52. The molecule has 0 aromatic carbocycles.